The lowest BCUT2D eigenvalue weighted by Gasteiger charge is -2.02. The summed E-state index contributed by atoms with van der Waals surface area (Å²) in [6, 6.07) is 17.0. The van der Waals surface area contributed by atoms with Crippen LogP contribution in [0.25, 0.3) is 22.4 Å². The summed E-state index contributed by atoms with van der Waals surface area (Å²) < 4.78 is 1.96. The second-order valence-corrected chi connectivity index (χ2v) is 4.50. The number of imidazole rings is 1. The topological polar surface area (TPSA) is 65.4 Å². The molecule has 4 heteroatoms. The molecule has 3 aromatic rings. The van der Waals surface area contributed by atoms with E-state index in [1.165, 1.54) is 0 Å². The fourth-order valence-electron chi connectivity index (χ4n) is 2.21. The van der Waals surface area contributed by atoms with Gasteiger partial charge in [0.25, 0.3) is 0 Å². The van der Waals surface area contributed by atoms with Crippen molar-refractivity contribution in [3.8, 4) is 23.5 Å². The van der Waals surface area contributed by atoms with E-state index in [-0.39, 0.29) is 0 Å². The van der Waals surface area contributed by atoms with Crippen LogP contribution in [0.3, 0.4) is 0 Å². The van der Waals surface area contributed by atoms with Crippen molar-refractivity contribution in [3.05, 3.63) is 53.6 Å². The highest BCUT2D eigenvalue weighted by atomic mass is 15.1. The van der Waals surface area contributed by atoms with Crippen LogP contribution in [0.4, 0.5) is 0 Å². The summed E-state index contributed by atoms with van der Waals surface area (Å²) in [5.41, 5.74) is 3.96. The van der Waals surface area contributed by atoms with Gasteiger partial charge in [-0.2, -0.15) is 10.5 Å². The molecule has 0 spiro atoms. The number of hydrogen-bond donors (Lipinski definition) is 0. The number of benzene rings is 2. The van der Waals surface area contributed by atoms with Gasteiger partial charge >= 0.3 is 0 Å². The molecule has 0 aliphatic carbocycles. The summed E-state index contributed by atoms with van der Waals surface area (Å²) in [6.07, 6.45) is 0. The predicted molar refractivity (Wildman–Crippen MR) is 75.6 cm³/mol. The minimum atomic E-state index is 0.617. The van der Waals surface area contributed by atoms with Crippen molar-refractivity contribution in [1.29, 1.82) is 10.5 Å². The molecule has 4 nitrogen and oxygen atoms in total. The van der Waals surface area contributed by atoms with Gasteiger partial charge in [-0.05, 0) is 42.5 Å². The monoisotopic (exact) mass is 258 g/mol. The number of nitriles is 2. The number of aryl methyl sites for hydroxylation is 1. The smallest absolute Gasteiger partial charge is 0.140 e. The zero-order valence-electron chi connectivity index (χ0n) is 10.8. The summed E-state index contributed by atoms with van der Waals surface area (Å²) in [7, 11) is 1.92. The molecule has 0 N–H and O–H groups in total. The van der Waals surface area contributed by atoms with Gasteiger partial charge in [0.2, 0.25) is 0 Å². The van der Waals surface area contributed by atoms with Gasteiger partial charge in [0.05, 0.1) is 34.3 Å². The maximum Gasteiger partial charge on any atom is 0.140 e. The molecular weight excluding hydrogens is 248 g/mol. The molecule has 94 valence electrons. The maximum atomic E-state index is 8.96. The maximum absolute atomic E-state index is 8.96. The molecule has 1 aromatic heterocycles. The molecule has 1 heterocycles. The van der Waals surface area contributed by atoms with Gasteiger partial charge in [0, 0.05) is 12.6 Å². The van der Waals surface area contributed by atoms with Crippen molar-refractivity contribution in [2.45, 2.75) is 0 Å². The van der Waals surface area contributed by atoms with Crippen LogP contribution in [-0.2, 0) is 7.05 Å². The van der Waals surface area contributed by atoms with Gasteiger partial charge < -0.3 is 4.57 Å². The second kappa shape index (κ2) is 4.53. The number of rotatable bonds is 1. The molecule has 0 radical (unpaired) electrons. The summed E-state index contributed by atoms with van der Waals surface area (Å²) in [6.45, 7) is 0. The number of fused-ring (bicyclic) bond motifs is 1. The molecule has 20 heavy (non-hydrogen) atoms. The van der Waals surface area contributed by atoms with Crippen molar-refractivity contribution in [2.24, 2.45) is 7.05 Å². The molecule has 0 aliphatic heterocycles. The Labute approximate surface area is 116 Å². The van der Waals surface area contributed by atoms with Crippen LogP contribution < -0.4 is 0 Å². The number of aromatic nitrogens is 2. The Morgan fingerprint density at radius 2 is 1.60 bits per heavy atom. The van der Waals surface area contributed by atoms with E-state index < -0.39 is 0 Å². The van der Waals surface area contributed by atoms with Crippen molar-refractivity contribution in [1.82, 2.24) is 9.55 Å². The Bertz CT molecular complexity index is 874. The summed E-state index contributed by atoms with van der Waals surface area (Å²) in [4.78, 5) is 4.58. The Kier molecular flexibility index (Phi) is 2.71. The van der Waals surface area contributed by atoms with Gasteiger partial charge in [0.15, 0.2) is 0 Å². The normalized spacial score (nSPS) is 10.2. The molecule has 0 saturated heterocycles. The van der Waals surface area contributed by atoms with E-state index in [2.05, 4.69) is 17.1 Å². The first-order valence-electron chi connectivity index (χ1n) is 6.10. The van der Waals surface area contributed by atoms with Gasteiger partial charge in [-0.1, -0.05) is 0 Å². The SMILES string of the molecule is Cn1c(-c2ccc(C#N)cc2)nc2ccc(C#N)cc21. The standard InChI is InChI=1S/C16H10N4/c1-20-15-8-12(10-18)4-7-14(15)19-16(20)13-5-2-11(9-17)3-6-13/h2-8H,1H3. The van der Waals surface area contributed by atoms with Gasteiger partial charge in [0.1, 0.15) is 5.82 Å². The molecule has 0 fully saturated rings. The first-order chi connectivity index (χ1) is 9.72. The van der Waals surface area contributed by atoms with E-state index >= 15 is 0 Å². The van der Waals surface area contributed by atoms with E-state index in [0.29, 0.717) is 11.1 Å². The highest BCUT2D eigenvalue weighted by molar-refractivity contribution is 5.81. The minimum Gasteiger partial charge on any atom is -0.327 e. The zero-order chi connectivity index (χ0) is 14.1. The fourth-order valence-corrected chi connectivity index (χ4v) is 2.21. The third kappa shape index (κ3) is 1.81. The van der Waals surface area contributed by atoms with Crippen molar-refractivity contribution in [3.63, 3.8) is 0 Å². The Morgan fingerprint density at radius 1 is 0.950 bits per heavy atom. The minimum absolute atomic E-state index is 0.617. The third-order valence-corrected chi connectivity index (χ3v) is 3.28. The molecule has 2 aromatic carbocycles. The first kappa shape index (κ1) is 12.0. The average Bonchev–Trinajstić information content (AvgIpc) is 2.84. The Morgan fingerprint density at radius 3 is 2.25 bits per heavy atom. The molecule has 3 rings (SSSR count). The summed E-state index contributed by atoms with van der Waals surface area (Å²) in [5, 5.41) is 17.8. The average molecular weight is 258 g/mol. The zero-order valence-corrected chi connectivity index (χ0v) is 10.8. The Balaban J connectivity index is 2.19. The van der Waals surface area contributed by atoms with Crippen LogP contribution in [0.15, 0.2) is 42.5 Å². The van der Waals surface area contributed by atoms with Crippen molar-refractivity contribution < 1.29 is 0 Å². The van der Waals surface area contributed by atoms with Crippen LogP contribution >= 0.6 is 0 Å². The highest BCUT2D eigenvalue weighted by Crippen LogP contribution is 2.24. The lowest BCUT2D eigenvalue weighted by molar-refractivity contribution is 0.959. The quantitative estimate of drug-likeness (QED) is 0.674. The fraction of sp³-hybridized carbons (Fsp3) is 0.0625. The highest BCUT2D eigenvalue weighted by Gasteiger charge is 2.10. The second-order valence-electron chi connectivity index (χ2n) is 4.50. The Hall–Kier alpha value is -3.11. The van der Waals surface area contributed by atoms with Crippen LogP contribution in [0.5, 0.6) is 0 Å². The van der Waals surface area contributed by atoms with E-state index in [0.717, 1.165) is 22.4 Å². The number of nitrogens with zero attached hydrogens (tertiary/aromatic N) is 4. The molecule has 0 atom stereocenters. The van der Waals surface area contributed by atoms with E-state index in [1.54, 1.807) is 18.2 Å². The van der Waals surface area contributed by atoms with Crippen molar-refractivity contribution >= 4 is 11.0 Å². The van der Waals surface area contributed by atoms with Crippen LogP contribution in [0.2, 0.25) is 0 Å². The van der Waals surface area contributed by atoms with Crippen LogP contribution in [0, 0.1) is 22.7 Å². The summed E-state index contributed by atoms with van der Waals surface area (Å²) >= 11 is 0. The van der Waals surface area contributed by atoms with Crippen molar-refractivity contribution in [2.75, 3.05) is 0 Å². The molecule has 0 saturated carbocycles. The van der Waals surface area contributed by atoms with Gasteiger partial charge in [-0.3, -0.25) is 0 Å². The molecule has 0 unspecified atom stereocenters. The largest absolute Gasteiger partial charge is 0.327 e. The van der Waals surface area contributed by atoms with E-state index in [4.69, 9.17) is 10.5 Å². The molecule has 0 amide bonds. The van der Waals surface area contributed by atoms with Gasteiger partial charge in [-0.15, -0.1) is 0 Å². The molecule has 0 bridgehead atoms. The van der Waals surface area contributed by atoms with Crippen LogP contribution in [-0.4, -0.2) is 9.55 Å². The summed E-state index contributed by atoms with van der Waals surface area (Å²) in [5.74, 6) is 0.819. The molecule has 0 aliphatic rings. The lowest BCUT2D eigenvalue weighted by atomic mass is 10.1. The molecular formula is C16H10N4. The first-order valence-corrected chi connectivity index (χ1v) is 6.10. The third-order valence-electron chi connectivity index (χ3n) is 3.28. The number of hydrogen-bond acceptors (Lipinski definition) is 3. The van der Waals surface area contributed by atoms with Gasteiger partial charge in [-0.25, -0.2) is 4.98 Å². The van der Waals surface area contributed by atoms with E-state index in [1.807, 2.05) is 35.9 Å². The lowest BCUT2D eigenvalue weighted by Crippen LogP contribution is -1.92. The van der Waals surface area contributed by atoms with Crippen LogP contribution in [0.1, 0.15) is 11.1 Å². The van der Waals surface area contributed by atoms with E-state index in [9.17, 15) is 0 Å². The predicted octanol–water partition coefficient (Wildman–Crippen LogP) is 2.98.